The van der Waals surface area contributed by atoms with Crippen LogP contribution in [0, 0.1) is 0 Å². The average Bonchev–Trinajstić information content (AvgIpc) is 2.82. The van der Waals surface area contributed by atoms with Crippen molar-refractivity contribution in [2.45, 2.75) is 76.3 Å². The summed E-state index contributed by atoms with van der Waals surface area (Å²) in [5, 5.41) is 12.6. The van der Waals surface area contributed by atoms with E-state index in [-0.39, 0.29) is 17.6 Å². The van der Waals surface area contributed by atoms with Crippen molar-refractivity contribution in [1.82, 2.24) is 4.90 Å². The first-order valence-corrected chi connectivity index (χ1v) is 11.7. The summed E-state index contributed by atoms with van der Waals surface area (Å²) in [4.78, 5) is 28.3. The highest BCUT2D eigenvalue weighted by Crippen LogP contribution is 2.31. The maximum absolute atomic E-state index is 13.6. The first kappa shape index (κ1) is 21.4. The summed E-state index contributed by atoms with van der Waals surface area (Å²) in [7, 11) is 0. The van der Waals surface area contributed by atoms with E-state index in [0.717, 1.165) is 25.7 Å². The molecule has 2 amide bonds. The molecule has 5 heteroatoms. The number of phenols is 1. The highest BCUT2D eigenvalue weighted by atomic mass is 16.3. The third-order valence-corrected chi connectivity index (χ3v) is 6.72. The van der Waals surface area contributed by atoms with E-state index in [1.807, 2.05) is 0 Å². The number of aromatic hydroxyl groups is 1. The molecule has 0 unspecified atom stereocenters. The van der Waals surface area contributed by atoms with Gasteiger partial charge in [0, 0.05) is 23.2 Å². The molecule has 5 nitrogen and oxygen atoms in total. The van der Waals surface area contributed by atoms with Crippen LogP contribution in [0.4, 0.5) is 5.69 Å². The molecule has 2 aliphatic carbocycles. The van der Waals surface area contributed by atoms with Gasteiger partial charge in [-0.05, 0) is 62.1 Å². The molecule has 2 aliphatic rings. The molecule has 2 saturated carbocycles. The van der Waals surface area contributed by atoms with Crippen LogP contribution in [0.25, 0.3) is 0 Å². The van der Waals surface area contributed by atoms with Crippen molar-refractivity contribution in [3.63, 3.8) is 0 Å². The van der Waals surface area contributed by atoms with Crippen molar-refractivity contribution in [1.29, 1.82) is 0 Å². The van der Waals surface area contributed by atoms with Gasteiger partial charge in [0.2, 0.25) is 0 Å². The molecule has 0 saturated heterocycles. The molecule has 0 heterocycles. The normalized spacial score (nSPS) is 17.8. The van der Waals surface area contributed by atoms with Crippen LogP contribution >= 0.6 is 0 Å². The lowest BCUT2D eigenvalue weighted by molar-refractivity contribution is 0.0448. The van der Waals surface area contributed by atoms with Crippen LogP contribution in [0.2, 0.25) is 0 Å². The van der Waals surface area contributed by atoms with Crippen LogP contribution in [-0.4, -0.2) is 33.9 Å². The van der Waals surface area contributed by atoms with Gasteiger partial charge >= 0.3 is 0 Å². The molecule has 0 radical (unpaired) electrons. The fraction of sp³-hybridized carbons (Fsp3) is 0.462. The zero-order chi connectivity index (χ0) is 21.6. The number of rotatable bonds is 5. The van der Waals surface area contributed by atoms with E-state index in [9.17, 15) is 14.7 Å². The maximum Gasteiger partial charge on any atom is 0.255 e. The number of hydrogen-bond donors (Lipinski definition) is 2. The number of hydrogen-bond acceptors (Lipinski definition) is 3. The minimum atomic E-state index is -0.308. The predicted molar refractivity (Wildman–Crippen MR) is 122 cm³/mol. The smallest absolute Gasteiger partial charge is 0.255 e. The number of anilines is 1. The maximum atomic E-state index is 13.6. The summed E-state index contributed by atoms with van der Waals surface area (Å²) < 4.78 is 0. The number of para-hydroxylation sites is 2. The summed E-state index contributed by atoms with van der Waals surface area (Å²) in [6.45, 7) is 0. The number of carbonyl (C=O) groups is 2. The Morgan fingerprint density at radius 3 is 1.81 bits per heavy atom. The molecule has 4 rings (SSSR count). The Balaban J connectivity index is 1.49. The lowest BCUT2D eigenvalue weighted by Gasteiger charge is -2.42. The number of nitrogens with one attached hydrogen (secondary N) is 1. The highest BCUT2D eigenvalue weighted by Gasteiger charge is 2.33. The second kappa shape index (κ2) is 9.99. The molecular weight excluding hydrogens is 388 g/mol. The van der Waals surface area contributed by atoms with Gasteiger partial charge in [0.05, 0.1) is 5.69 Å². The minimum absolute atomic E-state index is 0.0262. The Hall–Kier alpha value is -2.82. The van der Waals surface area contributed by atoms with Crippen LogP contribution in [0.3, 0.4) is 0 Å². The van der Waals surface area contributed by atoms with E-state index in [0.29, 0.717) is 28.9 Å². The van der Waals surface area contributed by atoms with E-state index in [2.05, 4.69) is 10.2 Å². The molecule has 0 aromatic heterocycles. The average molecular weight is 421 g/mol. The van der Waals surface area contributed by atoms with Crippen molar-refractivity contribution >= 4 is 17.5 Å². The first-order chi connectivity index (χ1) is 15.1. The SMILES string of the molecule is O=C(Nc1ccccc1O)c1ccc(C(=O)N(C2CCCCC2)C2CCCCC2)cc1. The molecule has 2 fully saturated rings. The van der Waals surface area contributed by atoms with E-state index < -0.39 is 0 Å². The standard InChI is InChI=1S/C26H32N2O3/c29-24-14-8-7-13-23(24)27-25(30)19-15-17-20(18-16-19)26(31)28(21-9-3-1-4-10-21)22-11-5-2-6-12-22/h7-8,13-18,21-22,29H,1-6,9-12H2,(H,27,30). The molecule has 0 bridgehead atoms. The van der Waals surface area contributed by atoms with Crippen molar-refractivity contribution in [3.05, 3.63) is 59.7 Å². The Labute approximate surface area is 184 Å². The summed E-state index contributed by atoms with van der Waals surface area (Å²) in [5.74, 6) is -0.179. The minimum Gasteiger partial charge on any atom is -0.506 e. The van der Waals surface area contributed by atoms with Gasteiger partial charge in [-0.25, -0.2) is 0 Å². The van der Waals surface area contributed by atoms with Gasteiger partial charge in [0.15, 0.2) is 0 Å². The molecule has 164 valence electrons. The van der Waals surface area contributed by atoms with Crippen molar-refractivity contribution in [3.8, 4) is 5.75 Å². The van der Waals surface area contributed by atoms with E-state index >= 15 is 0 Å². The molecule has 0 aliphatic heterocycles. The second-order valence-electron chi connectivity index (χ2n) is 8.84. The van der Waals surface area contributed by atoms with Crippen LogP contribution in [0.1, 0.15) is 84.9 Å². The number of carbonyl (C=O) groups excluding carboxylic acids is 2. The topological polar surface area (TPSA) is 69.6 Å². The van der Waals surface area contributed by atoms with Crippen LogP contribution < -0.4 is 5.32 Å². The fourth-order valence-corrected chi connectivity index (χ4v) is 5.04. The van der Waals surface area contributed by atoms with Gasteiger partial charge in [0.1, 0.15) is 5.75 Å². The summed E-state index contributed by atoms with van der Waals surface area (Å²) in [6.07, 6.45) is 11.7. The van der Waals surface area contributed by atoms with Crippen molar-refractivity contribution in [2.24, 2.45) is 0 Å². The van der Waals surface area contributed by atoms with E-state index in [4.69, 9.17) is 0 Å². The number of benzene rings is 2. The van der Waals surface area contributed by atoms with Crippen LogP contribution in [0.5, 0.6) is 5.75 Å². The van der Waals surface area contributed by atoms with Gasteiger partial charge in [-0.1, -0.05) is 50.7 Å². The van der Waals surface area contributed by atoms with E-state index in [1.165, 1.54) is 44.6 Å². The zero-order valence-electron chi connectivity index (χ0n) is 18.1. The lowest BCUT2D eigenvalue weighted by Crippen LogP contribution is -2.48. The third-order valence-electron chi connectivity index (χ3n) is 6.72. The van der Waals surface area contributed by atoms with Crippen LogP contribution in [-0.2, 0) is 0 Å². The van der Waals surface area contributed by atoms with Gasteiger partial charge in [-0.15, -0.1) is 0 Å². The zero-order valence-corrected chi connectivity index (χ0v) is 18.1. The van der Waals surface area contributed by atoms with Gasteiger partial charge in [-0.3, -0.25) is 9.59 Å². The number of phenolic OH excluding ortho intramolecular Hbond substituents is 1. The molecule has 0 spiro atoms. The highest BCUT2D eigenvalue weighted by molar-refractivity contribution is 6.05. The van der Waals surface area contributed by atoms with Gasteiger partial charge in [-0.2, -0.15) is 0 Å². The summed E-state index contributed by atoms with van der Waals surface area (Å²) in [5.41, 5.74) is 1.48. The molecule has 2 N–H and O–H groups in total. The molecule has 2 aromatic carbocycles. The molecular formula is C26H32N2O3. The summed E-state index contributed by atoms with van der Waals surface area (Å²) in [6, 6.07) is 14.2. The largest absolute Gasteiger partial charge is 0.506 e. The lowest BCUT2D eigenvalue weighted by atomic mass is 9.88. The third kappa shape index (κ3) is 5.09. The molecule has 0 atom stereocenters. The summed E-state index contributed by atoms with van der Waals surface area (Å²) >= 11 is 0. The Morgan fingerprint density at radius 2 is 1.26 bits per heavy atom. The van der Waals surface area contributed by atoms with Crippen molar-refractivity contribution in [2.75, 3.05) is 5.32 Å². The first-order valence-electron chi connectivity index (χ1n) is 11.7. The Bertz CT molecular complexity index is 879. The Morgan fingerprint density at radius 1 is 0.742 bits per heavy atom. The second-order valence-corrected chi connectivity index (χ2v) is 8.84. The Kier molecular flexibility index (Phi) is 6.90. The monoisotopic (exact) mass is 420 g/mol. The van der Waals surface area contributed by atoms with Gasteiger partial charge < -0.3 is 15.3 Å². The van der Waals surface area contributed by atoms with E-state index in [1.54, 1.807) is 42.5 Å². The number of amides is 2. The van der Waals surface area contributed by atoms with Crippen LogP contribution in [0.15, 0.2) is 48.5 Å². The molecule has 31 heavy (non-hydrogen) atoms. The molecule has 2 aromatic rings. The van der Waals surface area contributed by atoms with Gasteiger partial charge in [0.25, 0.3) is 11.8 Å². The fourth-order valence-electron chi connectivity index (χ4n) is 5.04. The predicted octanol–water partition coefficient (Wildman–Crippen LogP) is 5.75. The van der Waals surface area contributed by atoms with Crippen molar-refractivity contribution < 1.29 is 14.7 Å². The number of nitrogens with zero attached hydrogens (tertiary/aromatic N) is 1. The quantitative estimate of drug-likeness (QED) is 0.605.